The van der Waals surface area contributed by atoms with Crippen molar-refractivity contribution in [2.45, 2.75) is 45.1 Å². The van der Waals surface area contributed by atoms with Crippen LogP contribution in [-0.2, 0) is 4.74 Å². The Balaban J connectivity index is 2.58. The second-order valence-electron chi connectivity index (χ2n) is 4.23. The molecule has 0 bridgehead atoms. The van der Waals surface area contributed by atoms with Crippen LogP contribution in [-0.4, -0.2) is 5.60 Å². The Hall–Kier alpha value is -0.690. The molecule has 1 fully saturated rings. The first-order valence-corrected chi connectivity index (χ1v) is 5.81. The first-order valence-electron chi connectivity index (χ1n) is 5.43. The molecular formula is C13H19ClO. The van der Waals surface area contributed by atoms with Crippen molar-refractivity contribution in [3.63, 3.8) is 0 Å². The molecule has 0 aliphatic heterocycles. The third-order valence-corrected chi connectivity index (χ3v) is 2.86. The van der Waals surface area contributed by atoms with Crippen molar-refractivity contribution in [2.75, 3.05) is 0 Å². The van der Waals surface area contributed by atoms with Crippen molar-refractivity contribution < 1.29 is 4.74 Å². The molecule has 15 heavy (non-hydrogen) atoms. The number of hydrogen-bond acceptors (Lipinski definition) is 1. The summed E-state index contributed by atoms with van der Waals surface area (Å²) in [5, 5.41) is 0.523. The van der Waals surface area contributed by atoms with Gasteiger partial charge in [-0.25, -0.2) is 0 Å². The van der Waals surface area contributed by atoms with Gasteiger partial charge in [-0.15, -0.1) is 0 Å². The fraction of sp³-hybridized carbons (Fsp3) is 0.538. The van der Waals surface area contributed by atoms with Gasteiger partial charge in [-0.1, -0.05) is 18.2 Å². The minimum atomic E-state index is 0.0137. The summed E-state index contributed by atoms with van der Waals surface area (Å²) in [4.78, 5) is 0. The van der Waals surface area contributed by atoms with Gasteiger partial charge in [-0.05, 0) is 57.8 Å². The Morgan fingerprint density at radius 2 is 1.93 bits per heavy atom. The van der Waals surface area contributed by atoms with Gasteiger partial charge in [0.25, 0.3) is 0 Å². The predicted molar refractivity (Wildman–Crippen MR) is 65.8 cm³/mol. The summed E-state index contributed by atoms with van der Waals surface area (Å²) in [7, 11) is 0. The summed E-state index contributed by atoms with van der Waals surface area (Å²) < 4.78 is 5.97. The van der Waals surface area contributed by atoms with E-state index >= 15 is 0 Å². The van der Waals surface area contributed by atoms with E-state index in [4.69, 9.17) is 16.3 Å². The minimum Gasteiger partial charge on any atom is -0.488 e. The molecule has 0 aromatic rings. The lowest BCUT2D eigenvalue weighted by atomic mass is 10.1. The summed E-state index contributed by atoms with van der Waals surface area (Å²) in [6.45, 7) is 7.75. The van der Waals surface area contributed by atoms with Crippen LogP contribution in [0.4, 0.5) is 0 Å². The molecule has 0 spiro atoms. The fourth-order valence-electron chi connectivity index (χ4n) is 1.87. The minimum absolute atomic E-state index is 0.0137. The average molecular weight is 227 g/mol. The molecule has 0 saturated heterocycles. The van der Waals surface area contributed by atoms with E-state index in [9.17, 15) is 0 Å². The number of halogens is 1. The topological polar surface area (TPSA) is 9.23 Å². The van der Waals surface area contributed by atoms with Gasteiger partial charge in [0, 0.05) is 5.03 Å². The molecule has 84 valence electrons. The van der Waals surface area contributed by atoms with Gasteiger partial charge in [-0.2, -0.15) is 0 Å². The Kier molecular flexibility index (Phi) is 4.46. The van der Waals surface area contributed by atoms with E-state index in [0.29, 0.717) is 5.03 Å². The summed E-state index contributed by atoms with van der Waals surface area (Å²) in [5.41, 5.74) is 0.0137. The zero-order chi connectivity index (χ0) is 11.3. The van der Waals surface area contributed by atoms with Crippen LogP contribution < -0.4 is 0 Å². The zero-order valence-electron chi connectivity index (χ0n) is 9.55. The van der Waals surface area contributed by atoms with Crippen molar-refractivity contribution in [1.82, 2.24) is 0 Å². The molecule has 1 aliphatic carbocycles. The second kappa shape index (κ2) is 5.41. The second-order valence-corrected chi connectivity index (χ2v) is 4.72. The van der Waals surface area contributed by atoms with Crippen molar-refractivity contribution in [2.24, 2.45) is 0 Å². The molecule has 0 aromatic heterocycles. The van der Waals surface area contributed by atoms with Gasteiger partial charge in [0.15, 0.2) is 0 Å². The van der Waals surface area contributed by atoms with Gasteiger partial charge in [0.05, 0.1) is 0 Å². The van der Waals surface area contributed by atoms with Crippen LogP contribution in [0.25, 0.3) is 0 Å². The summed E-state index contributed by atoms with van der Waals surface area (Å²) >= 11 is 5.67. The highest BCUT2D eigenvalue weighted by Gasteiger charge is 2.30. The number of hydrogen-bond donors (Lipinski definition) is 0. The molecule has 1 aliphatic rings. The van der Waals surface area contributed by atoms with E-state index in [1.54, 1.807) is 6.08 Å². The lowest BCUT2D eigenvalue weighted by Gasteiger charge is -2.26. The summed E-state index contributed by atoms with van der Waals surface area (Å²) in [6.07, 6.45) is 10.4. The molecule has 2 heteroatoms. The van der Waals surface area contributed by atoms with E-state index in [-0.39, 0.29) is 5.60 Å². The predicted octanol–water partition coefficient (Wildman–Crippen LogP) is 4.55. The molecule has 0 amide bonds. The van der Waals surface area contributed by atoms with Crippen molar-refractivity contribution in [3.05, 3.63) is 35.6 Å². The Bertz CT molecular complexity index is 283. The SMILES string of the molecule is C=C(Cl)/C=C\C(=CC)OC1(C)CCCC1. The van der Waals surface area contributed by atoms with Crippen LogP contribution in [0.2, 0.25) is 0 Å². The lowest BCUT2D eigenvalue weighted by molar-refractivity contribution is 0.0312. The van der Waals surface area contributed by atoms with Gasteiger partial charge >= 0.3 is 0 Å². The third kappa shape index (κ3) is 4.13. The molecule has 0 N–H and O–H groups in total. The van der Waals surface area contributed by atoms with E-state index in [0.717, 1.165) is 18.6 Å². The number of rotatable bonds is 4. The first-order chi connectivity index (χ1) is 7.06. The molecule has 0 aromatic carbocycles. The Morgan fingerprint density at radius 3 is 2.40 bits per heavy atom. The molecule has 0 heterocycles. The van der Waals surface area contributed by atoms with E-state index in [1.807, 2.05) is 19.1 Å². The van der Waals surface area contributed by atoms with E-state index < -0.39 is 0 Å². The Labute approximate surface area is 97.5 Å². The lowest BCUT2D eigenvalue weighted by Crippen LogP contribution is -2.23. The van der Waals surface area contributed by atoms with Crippen LogP contribution in [0.3, 0.4) is 0 Å². The van der Waals surface area contributed by atoms with Crippen LogP contribution in [0.5, 0.6) is 0 Å². The zero-order valence-corrected chi connectivity index (χ0v) is 10.3. The highest BCUT2D eigenvalue weighted by Crippen LogP contribution is 2.34. The van der Waals surface area contributed by atoms with Crippen molar-refractivity contribution >= 4 is 11.6 Å². The molecule has 1 rings (SSSR count). The standard InChI is InChI=1S/C13H19ClO/c1-4-12(8-7-11(2)14)15-13(3)9-5-6-10-13/h4,7-8H,2,5-6,9-10H2,1,3H3/b8-7-,12-4?. The van der Waals surface area contributed by atoms with E-state index in [1.165, 1.54) is 12.8 Å². The van der Waals surface area contributed by atoms with Gasteiger partial charge in [0.1, 0.15) is 11.4 Å². The van der Waals surface area contributed by atoms with Gasteiger partial charge in [0.2, 0.25) is 0 Å². The Morgan fingerprint density at radius 1 is 1.33 bits per heavy atom. The summed E-state index contributed by atoms with van der Waals surface area (Å²) in [5.74, 6) is 0.876. The van der Waals surface area contributed by atoms with Gasteiger partial charge in [-0.3, -0.25) is 0 Å². The number of allylic oxidation sites excluding steroid dienone is 4. The highest BCUT2D eigenvalue weighted by molar-refractivity contribution is 6.30. The van der Waals surface area contributed by atoms with Gasteiger partial charge < -0.3 is 4.74 Å². The average Bonchev–Trinajstić information content (AvgIpc) is 2.59. The number of ether oxygens (including phenoxy) is 1. The quantitative estimate of drug-likeness (QED) is 0.505. The van der Waals surface area contributed by atoms with Crippen LogP contribution >= 0.6 is 11.6 Å². The maximum atomic E-state index is 5.97. The fourth-order valence-corrected chi connectivity index (χ4v) is 1.93. The summed E-state index contributed by atoms with van der Waals surface area (Å²) in [6, 6.07) is 0. The maximum Gasteiger partial charge on any atom is 0.115 e. The highest BCUT2D eigenvalue weighted by atomic mass is 35.5. The molecule has 0 unspecified atom stereocenters. The van der Waals surface area contributed by atoms with Crippen molar-refractivity contribution in [3.8, 4) is 0 Å². The molecule has 0 atom stereocenters. The molecule has 1 nitrogen and oxygen atoms in total. The first kappa shape index (κ1) is 12.4. The third-order valence-electron chi connectivity index (χ3n) is 2.74. The van der Waals surface area contributed by atoms with Crippen LogP contribution in [0.15, 0.2) is 35.6 Å². The monoisotopic (exact) mass is 226 g/mol. The largest absolute Gasteiger partial charge is 0.488 e. The van der Waals surface area contributed by atoms with Crippen LogP contribution in [0, 0.1) is 0 Å². The van der Waals surface area contributed by atoms with Crippen molar-refractivity contribution in [1.29, 1.82) is 0 Å². The molecular weight excluding hydrogens is 208 g/mol. The maximum absolute atomic E-state index is 5.97. The molecule has 1 saturated carbocycles. The normalized spacial score (nSPS) is 20.9. The van der Waals surface area contributed by atoms with E-state index in [2.05, 4.69) is 13.5 Å². The van der Waals surface area contributed by atoms with Crippen LogP contribution in [0.1, 0.15) is 39.5 Å². The smallest absolute Gasteiger partial charge is 0.115 e. The molecule has 0 radical (unpaired) electrons.